The molecule has 1 aliphatic carbocycles. The fourth-order valence-corrected chi connectivity index (χ4v) is 3.09. The van der Waals surface area contributed by atoms with E-state index < -0.39 is 5.97 Å². The number of piperidine rings is 1. The number of aliphatic carboxylic acids is 1. The van der Waals surface area contributed by atoms with Gasteiger partial charge in [0.15, 0.2) is 0 Å². The highest BCUT2D eigenvalue weighted by Crippen LogP contribution is 2.31. The fourth-order valence-electron chi connectivity index (χ4n) is 3.09. The predicted molar refractivity (Wildman–Crippen MR) is 63.5 cm³/mol. The van der Waals surface area contributed by atoms with E-state index in [-0.39, 0.29) is 17.7 Å². The number of carboxylic acids is 1. The zero-order valence-electron chi connectivity index (χ0n) is 10.2. The van der Waals surface area contributed by atoms with E-state index >= 15 is 0 Å². The molecule has 0 bridgehead atoms. The Morgan fingerprint density at radius 1 is 1.24 bits per heavy atom. The molecule has 1 aliphatic heterocycles. The van der Waals surface area contributed by atoms with Gasteiger partial charge in [-0.25, -0.2) is 0 Å². The van der Waals surface area contributed by atoms with E-state index in [1.165, 1.54) is 0 Å². The van der Waals surface area contributed by atoms with Crippen molar-refractivity contribution in [2.45, 2.75) is 44.9 Å². The normalized spacial score (nSPS) is 30.4. The van der Waals surface area contributed by atoms with Gasteiger partial charge in [0, 0.05) is 19.5 Å². The minimum atomic E-state index is -0.681. The molecular weight excluding hydrogens is 218 g/mol. The molecule has 0 aromatic heterocycles. The van der Waals surface area contributed by atoms with Gasteiger partial charge in [-0.15, -0.1) is 0 Å². The summed E-state index contributed by atoms with van der Waals surface area (Å²) in [6.07, 6.45) is 6.56. The maximum absolute atomic E-state index is 11.7. The summed E-state index contributed by atoms with van der Waals surface area (Å²) in [5, 5.41) is 9.20. The van der Waals surface area contributed by atoms with Crippen LogP contribution in [0.5, 0.6) is 0 Å². The first kappa shape index (κ1) is 12.4. The van der Waals surface area contributed by atoms with Crippen molar-refractivity contribution >= 4 is 11.9 Å². The van der Waals surface area contributed by atoms with Crippen LogP contribution in [0.4, 0.5) is 0 Å². The molecule has 4 nitrogen and oxygen atoms in total. The van der Waals surface area contributed by atoms with Crippen molar-refractivity contribution in [1.29, 1.82) is 0 Å². The highest BCUT2D eigenvalue weighted by Gasteiger charge is 2.33. The van der Waals surface area contributed by atoms with E-state index in [0.29, 0.717) is 13.0 Å². The van der Waals surface area contributed by atoms with Crippen LogP contribution < -0.4 is 0 Å². The largest absolute Gasteiger partial charge is 0.481 e. The number of hydrogen-bond acceptors (Lipinski definition) is 2. The van der Waals surface area contributed by atoms with Gasteiger partial charge in [-0.05, 0) is 31.6 Å². The summed E-state index contributed by atoms with van der Waals surface area (Å²) in [6.45, 7) is 1.48. The van der Waals surface area contributed by atoms with Crippen LogP contribution in [0.15, 0.2) is 0 Å². The molecule has 4 heteroatoms. The molecule has 2 aliphatic rings. The van der Waals surface area contributed by atoms with Crippen molar-refractivity contribution in [2.24, 2.45) is 11.8 Å². The fraction of sp³-hybridized carbons (Fsp3) is 0.846. The number of amides is 1. The average molecular weight is 239 g/mol. The third-order valence-corrected chi connectivity index (χ3v) is 4.10. The highest BCUT2D eigenvalue weighted by molar-refractivity contribution is 5.77. The molecule has 96 valence electrons. The van der Waals surface area contributed by atoms with Crippen LogP contribution in [0.3, 0.4) is 0 Å². The van der Waals surface area contributed by atoms with E-state index in [2.05, 4.69) is 0 Å². The van der Waals surface area contributed by atoms with Gasteiger partial charge in [-0.2, -0.15) is 0 Å². The van der Waals surface area contributed by atoms with Gasteiger partial charge in [0.05, 0.1) is 5.92 Å². The number of carboxylic acid groups (broad SMARTS) is 1. The summed E-state index contributed by atoms with van der Waals surface area (Å²) in [5.74, 6) is -0.535. The molecule has 1 saturated carbocycles. The van der Waals surface area contributed by atoms with Gasteiger partial charge >= 0.3 is 5.97 Å². The zero-order chi connectivity index (χ0) is 12.3. The van der Waals surface area contributed by atoms with E-state index in [4.69, 9.17) is 0 Å². The Kier molecular flexibility index (Phi) is 4.02. The van der Waals surface area contributed by atoms with Crippen LogP contribution in [-0.4, -0.2) is 35.0 Å². The summed E-state index contributed by atoms with van der Waals surface area (Å²) in [6, 6.07) is 0. The molecule has 0 aromatic carbocycles. The quantitative estimate of drug-likeness (QED) is 0.818. The first-order chi connectivity index (χ1) is 8.18. The SMILES string of the molecule is O=C(O)C1CCCCC1CN1CCCCC1=O. The van der Waals surface area contributed by atoms with Crippen LogP contribution in [-0.2, 0) is 9.59 Å². The Labute approximate surface area is 102 Å². The lowest BCUT2D eigenvalue weighted by molar-refractivity contribution is -0.147. The van der Waals surface area contributed by atoms with Gasteiger partial charge < -0.3 is 10.0 Å². The summed E-state index contributed by atoms with van der Waals surface area (Å²) >= 11 is 0. The Bertz CT molecular complexity index is 303. The van der Waals surface area contributed by atoms with Gasteiger partial charge in [0.1, 0.15) is 0 Å². The topological polar surface area (TPSA) is 57.6 Å². The lowest BCUT2D eigenvalue weighted by atomic mass is 9.79. The number of nitrogens with zero attached hydrogens (tertiary/aromatic N) is 1. The van der Waals surface area contributed by atoms with Crippen LogP contribution in [0, 0.1) is 11.8 Å². The Morgan fingerprint density at radius 2 is 2.00 bits per heavy atom. The number of carbonyl (C=O) groups excluding carboxylic acids is 1. The highest BCUT2D eigenvalue weighted by atomic mass is 16.4. The molecule has 1 heterocycles. The van der Waals surface area contributed by atoms with Crippen molar-refractivity contribution in [1.82, 2.24) is 4.90 Å². The summed E-state index contributed by atoms with van der Waals surface area (Å²) < 4.78 is 0. The van der Waals surface area contributed by atoms with Crippen molar-refractivity contribution < 1.29 is 14.7 Å². The van der Waals surface area contributed by atoms with Crippen molar-refractivity contribution in [3.8, 4) is 0 Å². The van der Waals surface area contributed by atoms with Crippen LogP contribution in [0.1, 0.15) is 44.9 Å². The second-order valence-corrected chi connectivity index (χ2v) is 5.29. The Morgan fingerprint density at radius 3 is 2.71 bits per heavy atom. The van der Waals surface area contributed by atoms with Gasteiger partial charge in [-0.3, -0.25) is 9.59 Å². The number of hydrogen-bond donors (Lipinski definition) is 1. The minimum Gasteiger partial charge on any atom is -0.481 e. The van der Waals surface area contributed by atoms with E-state index in [1.54, 1.807) is 0 Å². The van der Waals surface area contributed by atoms with E-state index in [9.17, 15) is 14.7 Å². The van der Waals surface area contributed by atoms with E-state index in [1.807, 2.05) is 4.90 Å². The molecular formula is C13H21NO3. The molecule has 0 radical (unpaired) electrons. The standard InChI is InChI=1S/C13H21NO3/c15-12-7-3-4-8-14(12)9-10-5-1-2-6-11(10)13(16)17/h10-11H,1-9H2,(H,16,17). The lowest BCUT2D eigenvalue weighted by Crippen LogP contribution is -2.42. The van der Waals surface area contributed by atoms with Crippen molar-refractivity contribution in [3.63, 3.8) is 0 Å². The Balaban J connectivity index is 1.95. The van der Waals surface area contributed by atoms with Crippen molar-refractivity contribution in [3.05, 3.63) is 0 Å². The minimum absolute atomic E-state index is 0.170. The molecule has 1 N–H and O–H groups in total. The van der Waals surface area contributed by atoms with Crippen LogP contribution in [0.2, 0.25) is 0 Å². The van der Waals surface area contributed by atoms with Gasteiger partial charge in [0.25, 0.3) is 0 Å². The summed E-state index contributed by atoms with van der Waals surface area (Å²) in [5.41, 5.74) is 0. The third-order valence-electron chi connectivity index (χ3n) is 4.10. The van der Waals surface area contributed by atoms with Crippen molar-refractivity contribution in [2.75, 3.05) is 13.1 Å². The molecule has 0 spiro atoms. The van der Waals surface area contributed by atoms with Gasteiger partial charge in [-0.1, -0.05) is 12.8 Å². The number of likely N-dealkylation sites (tertiary alicyclic amines) is 1. The second kappa shape index (κ2) is 5.52. The predicted octanol–water partition coefficient (Wildman–Crippen LogP) is 1.89. The molecule has 17 heavy (non-hydrogen) atoms. The molecule has 1 saturated heterocycles. The zero-order valence-corrected chi connectivity index (χ0v) is 10.2. The lowest BCUT2D eigenvalue weighted by Gasteiger charge is -2.35. The van der Waals surface area contributed by atoms with Crippen LogP contribution >= 0.6 is 0 Å². The monoisotopic (exact) mass is 239 g/mol. The summed E-state index contributed by atoms with van der Waals surface area (Å²) in [7, 11) is 0. The molecule has 2 atom stereocenters. The summed E-state index contributed by atoms with van der Waals surface area (Å²) in [4.78, 5) is 24.8. The van der Waals surface area contributed by atoms with E-state index in [0.717, 1.165) is 45.1 Å². The third kappa shape index (κ3) is 2.99. The first-order valence-electron chi connectivity index (χ1n) is 6.69. The Hall–Kier alpha value is -1.06. The maximum atomic E-state index is 11.7. The van der Waals surface area contributed by atoms with Gasteiger partial charge in [0.2, 0.25) is 5.91 Å². The molecule has 0 aromatic rings. The second-order valence-electron chi connectivity index (χ2n) is 5.29. The molecule has 2 fully saturated rings. The first-order valence-corrected chi connectivity index (χ1v) is 6.69. The molecule has 1 amide bonds. The smallest absolute Gasteiger partial charge is 0.306 e. The maximum Gasteiger partial charge on any atom is 0.306 e. The number of rotatable bonds is 3. The molecule has 2 unspecified atom stereocenters. The van der Waals surface area contributed by atoms with Crippen LogP contribution in [0.25, 0.3) is 0 Å². The average Bonchev–Trinajstić information content (AvgIpc) is 2.32. The number of carbonyl (C=O) groups is 2. The molecule has 2 rings (SSSR count).